The predicted octanol–water partition coefficient (Wildman–Crippen LogP) is 3.03. The molecule has 1 nitrogen and oxygen atoms in total. The molecule has 0 atom stereocenters. The average Bonchev–Trinajstić information content (AvgIpc) is 1.99. The van der Waals surface area contributed by atoms with Gasteiger partial charge in [0.2, 0.25) is 0 Å². The molecule has 0 unspecified atom stereocenters. The molecule has 1 rings (SSSR count). The molecule has 0 heterocycles. The Balaban J connectivity index is 3.21. The number of rotatable bonds is 1. The molecule has 4 heteroatoms. The first-order valence-electron chi connectivity index (χ1n) is 2.88. The maximum atomic E-state index is 12.7. The lowest BCUT2D eigenvalue weighted by molar-refractivity contribution is 0.428. The van der Waals surface area contributed by atoms with E-state index in [1.54, 1.807) is 6.07 Å². The third kappa shape index (κ3) is 1.84. The highest BCUT2D eigenvalue weighted by molar-refractivity contribution is 9.10. The van der Waals surface area contributed by atoms with E-state index in [2.05, 4.69) is 15.9 Å². The Morgan fingerprint density at radius 1 is 1.55 bits per heavy atom. The fourth-order valence-electron chi connectivity index (χ4n) is 0.695. The van der Waals surface area contributed by atoms with Crippen LogP contribution in [0.15, 0.2) is 16.6 Å². The van der Waals surface area contributed by atoms with E-state index in [9.17, 15) is 4.39 Å². The van der Waals surface area contributed by atoms with Crippen LogP contribution in [-0.4, -0.2) is 5.11 Å². The van der Waals surface area contributed by atoms with Crippen LogP contribution >= 0.6 is 27.5 Å². The van der Waals surface area contributed by atoms with Crippen molar-refractivity contribution in [2.45, 2.75) is 5.88 Å². The van der Waals surface area contributed by atoms with Crippen molar-refractivity contribution in [1.82, 2.24) is 0 Å². The van der Waals surface area contributed by atoms with Crippen molar-refractivity contribution in [3.05, 3.63) is 28.0 Å². The molecule has 1 N–H and O–H groups in total. The topological polar surface area (TPSA) is 20.2 Å². The third-order valence-electron chi connectivity index (χ3n) is 1.23. The SMILES string of the molecule is Oc1c(F)cc(CCl)cc1Br. The summed E-state index contributed by atoms with van der Waals surface area (Å²) in [4.78, 5) is 0. The molecule has 0 radical (unpaired) electrons. The normalized spacial score (nSPS) is 10.1. The Kier molecular flexibility index (Phi) is 2.73. The molecule has 0 aromatic heterocycles. The summed E-state index contributed by atoms with van der Waals surface area (Å²) in [6.45, 7) is 0. The number of phenolic OH excluding ortho intramolecular Hbond substituents is 1. The summed E-state index contributed by atoms with van der Waals surface area (Å²) in [6, 6.07) is 2.78. The van der Waals surface area contributed by atoms with Gasteiger partial charge in [0.25, 0.3) is 0 Å². The number of phenols is 1. The maximum Gasteiger partial charge on any atom is 0.166 e. The summed E-state index contributed by atoms with van der Waals surface area (Å²) in [5, 5.41) is 8.96. The van der Waals surface area contributed by atoms with E-state index in [4.69, 9.17) is 16.7 Å². The van der Waals surface area contributed by atoms with Crippen LogP contribution in [0, 0.1) is 5.82 Å². The van der Waals surface area contributed by atoms with Crippen LogP contribution in [-0.2, 0) is 5.88 Å². The molecule has 1 aromatic rings. The molecular weight excluding hydrogens is 234 g/mol. The number of hydrogen-bond acceptors (Lipinski definition) is 1. The van der Waals surface area contributed by atoms with E-state index in [1.165, 1.54) is 6.07 Å². The minimum atomic E-state index is -0.657. The minimum absolute atomic E-state index is 0.232. The van der Waals surface area contributed by atoms with Crippen molar-refractivity contribution >= 4 is 27.5 Å². The standard InChI is InChI=1S/C7H5BrClFO/c8-5-1-4(3-9)2-6(10)7(5)11/h1-2,11H,3H2. The lowest BCUT2D eigenvalue weighted by Crippen LogP contribution is -1.83. The van der Waals surface area contributed by atoms with Gasteiger partial charge in [-0.15, -0.1) is 11.6 Å². The summed E-state index contributed by atoms with van der Waals surface area (Å²) in [5.74, 6) is -0.801. The molecule has 0 saturated carbocycles. The first kappa shape index (κ1) is 8.81. The van der Waals surface area contributed by atoms with Crippen molar-refractivity contribution < 1.29 is 9.50 Å². The van der Waals surface area contributed by atoms with Crippen LogP contribution in [0.3, 0.4) is 0 Å². The first-order valence-corrected chi connectivity index (χ1v) is 4.20. The molecule has 0 fully saturated rings. The van der Waals surface area contributed by atoms with Crippen LogP contribution in [0.2, 0.25) is 0 Å². The van der Waals surface area contributed by atoms with Gasteiger partial charge in [-0.25, -0.2) is 4.39 Å². The Bertz CT molecular complexity index is 254. The largest absolute Gasteiger partial charge is 0.504 e. The highest BCUT2D eigenvalue weighted by Crippen LogP contribution is 2.28. The van der Waals surface area contributed by atoms with Gasteiger partial charge in [0.05, 0.1) is 4.47 Å². The van der Waals surface area contributed by atoms with E-state index in [0.717, 1.165) is 0 Å². The number of hydrogen-bond donors (Lipinski definition) is 1. The molecule has 11 heavy (non-hydrogen) atoms. The first-order chi connectivity index (χ1) is 5.15. The van der Waals surface area contributed by atoms with Gasteiger partial charge in [-0.1, -0.05) is 0 Å². The van der Waals surface area contributed by atoms with Gasteiger partial charge < -0.3 is 5.11 Å². The molecule has 0 amide bonds. The summed E-state index contributed by atoms with van der Waals surface area (Å²) in [5.41, 5.74) is 0.633. The van der Waals surface area contributed by atoms with E-state index < -0.39 is 5.82 Å². The van der Waals surface area contributed by atoms with Crippen molar-refractivity contribution in [3.8, 4) is 5.75 Å². The fourth-order valence-corrected chi connectivity index (χ4v) is 1.33. The Morgan fingerprint density at radius 3 is 2.64 bits per heavy atom. The van der Waals surface area contributed by atoms with Crippen molar-refractivity contribution in [2.75, 3.05) is 0 Å². The fraction of sp³-hybridized carbons (Fsp3) is 0.143. The second kappa shape index (κ2) is 3.41. The average molecular weight is 239 g/mol. The van der Waals surface area contributed by atoms with Gasteiger partial charge in [-0.2, -0.15) is 0 Å². The van der Waals surface area contributed by atoms with Crippen LogP contribution in [0.4, 0.5) is 4.39 Å². The number of halogens is 3. The Morgan fingerprint density at radius 2 is 2.18 bits per heavy atom. The zero-order chi connectivity index (χ0) is 8.43. The van der Waals surface area contributed by atoms with Gasteiger partial charge in [0.1, 0.15) is 0 Å². The summed E-state index contributed by atoms with van der Waals surface area (Å²) < 4.78 is 13.0. The van der Waals surface area contributed by atoms with Crippen LogP contribution in [0.5, 0.6) is 5.75 Å². The summed E-state index contributed by atoms with van der Waals surface area (Å²) >= 11 is 8.44. The summed E-state index contributed by atoms with van der Waals surface area (Å²) in [6.07, 6.45) is 0. The summed E-state index contributed by atoms with van der Waals surface area (Å²) in [7, 11) is 0. The van der Waals surface area contributed by atoms with Gasteiger partial charge in [0.15, 0.2) is 11.6 Å². The van der Waals surface area contributed by atoms with Crippen molar-refractivity contribution in [2.24, 2.45) is 0 Å². The van der Waals surface area contributed by atoms with Crippen LogP contribution in [0.25, 0.3) is 0 Å². The second-order valence-corrected chi connectivity index (χ2v) is 3.16. The molecular formula is C7H5BrClFO. The van der Waals surface area contributed by atoms with E-state index >= 15 is 0 Å². The molecule has 0 saturated heterocycles. The monoisotopic (exact) mass is 238 g/mol. The van der Waals surface area contributed by atoms with Crippen molar-refractivity contribution in [1.29, 1.82) is 0 Å². The number of aromatic hydroxyl groups is 1. The van der Waals surface area contributed by atoms with E-state index in [1.807, 2.05) is 0 Å². The molecule has 60 valence electrons. The van der Waals surface area contributed by atoms with E-state index in [-0.39, 0.29) is 11.6 Å². The minimum Gasteiger partial charge on any atom is -0.504 e. The zero-order valence-electron chi connectivity index (χ0n) is 5.44. The lowest BCUT2D eigenvalue weighted by Gasteiger charge is -2.00. The Hall–Kier alpha value is -0.280. The van der Waals surface area contributed by atoms with Crippen LogP contribution in [0.1, 0.15) is 5.56 Å². The zero-order valence-corrected chi connectivity index (χ0v) is 7.78. The predicted molar refractivity (Wildman–Crippen MR) is 45.3 cm³/mol. The molecule has 0 aliphatic rings. The smallest absolute Gasteiger partial charge is 0.166 e. The third-order valence-corrected chi connectivity index (χ3v) is 2.14. The van der Waals surface area contributed by atoms with Gasteiger partial charge >= 0.3 is 0 Å². The van der Waals surface area contributed by atoms with Crippen molar-refractivity contribution in [3.63, 3.8) is 0 Å². The lowest BCUT2D eigenvalue weighted by atomic mass is 10.2. The second-order valence-electron chi connectivity index (χ2n) is 2.04. The number of alkyl halides is 1. The Labute approximate surface area is 76.9 Å². The van der Waals surface area contributed by atoms with Gasteiger partial charge in [-0.05, 0) is 33.6 Å². The molecule has 0 bridgehead atoms. The molecule has 1 aromatic carbocycles. The van der Waals surface area contributed by atoms with Gasteiger partial charge in [0, 0.05) is 5.88 Å². The molecule has 0 aliphatic carbocycles. The highest BCUT2D eigenvalue weighted by Gasteiger charge is 2.06. The molecule has 0 aliphatic heterocycles. The van der Waals surface area contributed by atoms with E-state index in [0.29, 0.717) is 10.0 Å². The molecule has 0 spiro atoms. The maximum absolute atomic E-state index is 12.7. The van der Waals surface area contributed by atoms with Gasteiger partial charge in [-0.3, -0.25) is 0 Å². The highest BCUT2D eigenvalue weighted by atomic mass is 79.9. The number of benzene rings is 1. The quantitative estimate of drug-likeness (QED) is 0.747. The van der Waals surface area contributed by atoms with Crippen LogP contribution < -0.4 is 0 Å².